The fraction of sp³-hybridized carbons (Fsp3) is 0.0889. The Morgan fingerprint density at radius 3 is 2.00 bits per heavy atom. The summed E-state index contributed by atoms with van der Waals surface area (Å²) in [5, 5.41) is 2.37. The van der Waals surface area contributed by atoms with Gasteiger partial charge in [-0.2, -0.15) is 0 Å². The van der Waals surface area contributed by atoms with E-state index in [1.54, 1.807) is 0 Å². The molecule has 0 radical (unpaired) electrons. The molecule has 6 aromatic carbocycles. The van der Waals surface area contributed by atoms with Crippen molar-refractivity contribution in [3.8, 4) is 17.3 Å². The first-order valence-corrected chi connectivity index (χ1v) is 17.3. The van der Waals surface area contributed by atoms with Crippen LogP contribution >= 0.6 is 0 Å². The van der Waals surface area contributed by atoms with Gasteiger partial charge in [0.2, 0.25) is 0 Å². The molecule has 5 heteroatoms. The van der Waals surface area contributed by atoms with Gasteiger partial charge in [-0.25, -0.2) is 4.98 Å². The Balaban J connectivity index is 1.02. The smallest absolute Gasteiger partial charge is 0.137 e. The highest BCUT2D eigenvalue weighted by Crippen LogP contribution is 2.55. The number of ether oxygens (including phenoxy) is 1. The molecule has 238 valence electrons. The summed E-state index contributed by atoms with van der Waals surface area (Å²) >= 11 is 0. The molecule has 3 aliphatic carbocycles. The normalized spacial score (nSPS) is 16.7. The minimum Gasteiger partial charge on any atom is -0.457 e. The van der Waals surface area contributed by atoms with Gasteiger partial charge in [-0.3, -0.25) is 4.57 Å². The highest BCUT2D eigenvalue weighted by atomic mass is 16.5. The van der Waals surface area contributed by atoms with Crippen LogP contribution < -0.4 is 14.5 Å². The first-order chi connectivity index (χ1) is 24.7. The van der Waals surface area contributed by atoms with Gasteiger partial charge in [-0.1, -0.05) is 91.0 Å². The molecular formula is C45H32N4O. The summed E-state index contributed by atoms with van der Waals surface area (Å²) in [5.74, 6) is 2.83. The molecule has 8 aromatic rings. The average Bonchev–Trinajstić information content (AvgIpc) is 3.68. The molecule has 2 aromatic heterocycles. The van der Waals surface area contributed by atoms with E-state index in [9.17, 15) is 0 Å². The Hall–Kier alpha value is -6.33. The van der Waals surface area contributed by atoms with Crippen LogP contribution in [0.3, 0.4) is 0 Å². The molecule has 0 atom stereocenters. The molecule has 4 aliphatic rings. The molecule has 1 aliphatic heterocycles. The van der Waals surface area contributed by atoms with E-state index in [1.165, 1.54) is 50.0 Å². The Labute approximate surface area is 290 Å². The van der Waals surface area contributed by atoms with Gasteiger partial charge in [0.05, 0.1) is 40.7 Å². The second kappa shape index (κ2) is 10.3. The van der Waals surface area contributed by atoms with E-state index in [-0.39, 0.29) is 11.8 Å². The summed E-state index contributed by atoms with van der Waals surface area (Å²) in [5.41, 5.74) is 13.8. The minimum atomic E-state index is 0.115. The van der Waals surface area contributed by atoms with Crippen LogP contribution in [-0.2, 0) is 0 Å². The zero-order valence-corrected chi connectivity index (χ0v) is 27.5. The summed E-state index contributed by atoms with van der Waals surface area (Å²) in [7, 11) is 2.13. The van der Waals surface area contributed by atoms with Gasteiger partial charge in [0.15, 0.2) is 0 Å². The van der Waals surface area contributed by atoms with E-state index in [0.29, 0.717) is 0 Å². The lowest BCUT2D eigenvalue weighted by molar-refractivity contribution is 0.483. The van der Waals surface area contributed by atoms with E-state index in [4.69, 9.17) is 9.72 Å². The zero-order chi connectivity index (χ0) is 32.9. The van der Waals surface area contributed by atoms with E-state index < -0.39 is 0 Å². The molecule has 0 spiro atoms. The van der Waals surface area contributed by atoms with Crippen molar-refractivity contribution in [2.24, 2.45) is 0 Å². The standard InChI is InChI=1S/C45H32N4O/c1-47-27-48(40-20-9-8-19-39(40)47)28-11-10-12-29(25-28)50-30-21-22-32-31-13-6-7-18-38(31)49(41(32)26-30)42-24-23-37-43-33-14-2-4-16-35(33)44(45(37)46-42)36-17-5-3-15-34(36)43/h2-26,43-44H,27H2,1H3. The van der Waals surface area contributed by atoms with Crippen LogP contribution in [0.25, 0.3) is 27.6 Å². The topological polar surface area (TPSA) is 33.5 Å². The van der Waals surface area contributed by atoms with Crippen LogP contribution in [0.15, 0.2) is 152 Å². The van der Waals surface area contributed by atoms with Crippen molar-refractivity contribution in [3.05, 3.63) is 185 Å². The maximum absolute atomic E-state index is 6.62. The third-order valence-electron chi connectivity index (χ3n) is 10.9. The van der Waals surface area contributed by atoms with Crippen molar-refractivity contribution in [1.29, 1.82) is 0 Å². The number of para-hydroxylation sites is 3. The number of rotatable bonds is 4. The van der Waals surface area contributed by atoms with Crippen LogP contribution in [0.4, 0.5) is 17.1 Å². The fourth-order valence-electron chi connectivity index (χ4n) is 8.82. The van der Waals surface area contributed by atoms with Crippen LogP contribution in [0.5, 0.6) is 11.5 Å². The average molecular weight is 645 g/mol. The SMILES string of the molecule is CN1CN(c2cccc(Oc3ccc4c5ccccc5n(-c5ccc6c(n5)C5c7ccccc7C6c6ccccc65)c4c3)c2)c2ccccc21. The van der Waals surface area contributed by atoms with Crippen LogP contribution in [0.2, 0.25) is 0 Å². The van der Waals surface area contributed by atoms with Crippen LogP contribution in [0.1, 0.15) is 45.3 Å². The van der Waals surface area contributed by atoms with Gasteiger partial charge < -0.3 is 14.5 Å². The molecule has 3 heterocycles. The molecular weight excluding hydrogens is 613 g/mol. The second-order valence-electron chi connectivity index (χ2n) is 13.7. The maximum atomic E-state index is 6.62. The zero-order valence-electron chi connectivity index (χ0n) is 27.5. The summed E-state index contributed by atoms with van der Waals surface area (Å²) in [6.07, 6.45) is 0. The number of hydrogen-bond acceptors (Lipinski definition) is 4. The number of fused-ring (bicyclic) bond motifs is 4. The van der Waals surface area contributed by atoms with Crippen molar-refractivity contribution in [1.82, 2.24) is 9.55 Å². The molecule has 0 fully saturated rings. The molecule has 5 nitrogen and oxygen atoms in total. The number of aromatic nitrogens is 2. The molecule has 0 unspecified atom stereocenters. The van der Waals surface area contributed by atoms with E-state index in [2.05, 4.69) is 167 Å². The monoisotopic (exact) mass is 644 g/mol. The van der Waals surface area contributed by atoms with Crippen LogP contribution in [-0.4, -0.2) is 23.3 Å². The van der Waals surface area contributed by atoms with E-state index in [0.717, 1.165) is 46.4 Å². The number of pyridine rings is 1. The van der Waals surface area contributed by atoms with Crippen molar-refractivity contribution < 1.29 is 4.74 Å². The highest BCUT2D eigenvalue weighted by Gasteiger charge is 2.42. The Kier molecular flexibility index (Phi) is 5.71. The van der Waals surface area contributed by atoms with Gasteiger partial charge in [0, 0.05) is 41.6 Å². The van der Waals surface area contributed by atoms with Crippen molar-refractivity contribution in [2.45, 2.75) is 11.8 Å². The second-order valence-corrected chi connectivity index (χ2v) is 13.7. The van der Waals surface area contributed by atoms with Gasteiger partial charge in [-0.15, -0.1) is 0 Å². The Morgan fingerprint density at radius 1 is 0.540 bits per heavy atom. The molecule has 0 saturated carbocycles. The lowest BCUT2D eigenvalue weighted by Gasteiger charge is -2.41. The third-order valence-corrected chi connectivity index (χ3v) is 10.9. The van der Waals surface area contributed by atoms with Gasteiger partial charge >= 0.3 is 0 Å². The summed E-state index contributed by atoms with van der Waals surface area (Å²) < 4.78 is 8.93. The van der Waals surface area contributed by atoms with Gasteiger partial charge in [0.1, 0.15) is 17.3 Å². The third kappa shape index (κ3) is 3.86. The predicted octanol–water partition coefficient (Wildman–Crippen LogP) is 10.5. The maximum Gasteiger partial charge on any atom is 0.137 e. The minimum absolute atomic E-state index is 0.115. The molecule has 12 rings (SSSR count). The fourth-order valence-corrected chi connectivity index (χ4v) is 8.82. The number of benzene rings is 6. The Morgan fingerprint density at radius 2 is 1.20 bits per heavy atom. The molecule has 2 bridgehead atoms. The number of hydrogen-bond donors (Lipinski definition) is 0. The predicted molar refractivity (Wildman–Crippen MR) is 202 cm³/mol. The van der Waals surface area contributed by atoms with Crippen molar-refractivity contribution in [3.63, 3.8) is 0 Å². The number of nitrogens with zero attached hydrogens (tertiary/aromatic N) is 4. The molecule has 0 amide bonds. The largest absolute Gasteiger partial charge is 0.457 e. The Bertz CT molecular complexity index is 2630. The first kappa shape index (κ1) is 27.6. The van der Waals surface area contributed by atoms with Gasteiger partial charge in [-0.05, 0) is 76.3 Å². The molecule has 0 N–H and O–H groups in total. The summed E-state index contributed by atoms with van der Waals surface area (Å²) in [6, 6.07) is 54.4. The lowest BCUT2D eigenvalue weighted by Crippen LogP contribution is -2.28. The molecule has 50 heavy (non-hydrogen) atoms. The summed E-state index contributed by atoms with van der Waals surface area (Å²) in [4.78, 5) is 10.1. The lowest BCUT2D eigenvalue weighted by atomic mass is 9.63. The van der Waals surface area contributed by atoms with Crippen molar-refractivity contribution >= 4 is 38.9 Å². The number of anilines is 3. The summed E-state index contributed by atoms with van der Waals surface area (Å²) in [6.45, 7) is 0.793. The van der Waals surface area contributed by atoms with Crippen molar-refractivity contribution in [2.75, 3.05) is 23.5 Å². The first-order valence-electron chi connectivity index (χ1n) is 17.3. The highest BCUT2D eigenvalue weighted by molar-refractivity contribution is 6.09. The van der Waals surface area contributed by atoms with E-state index in [1.807, 2.05) is 6.07 Å². The quantitative estimate of drug-likeness (QED) is 0.191. The molecule has 0 saturated heterocycles. The van der Waals surface area contributed by atoms with Gasteiger partial charge in [0.25, 0.3) is 0 Å². The van der Waals surface area contributed by atoms with E-state index >= 15 is 0 Å². The van der Waals surface area contributed by atoms with Crippen LogP contribution in [0, 0.1) is 0 Å².